The zero-order valence-corrected chi connectivity index (χ0v) is 20.3. The van der Waals surface area contributed by atoms with Crippen LogP contribution in [-0.4, -0.2) is 13.1 Å². The molecule has 0 fully saturated rings. The number of hydrogen-bond acceptors (Lipinski definition) is 2. The Morgan fingerprint density at radius 2 is 0.690 bits per heavy atom. The molecule has 0 aliphatic heterocycles. The number of unbranched alkanes of at least 4 members (excludes halogenated alkanes) is 22. The van der Waals surface area contributed by atoms with Crippen LogP contribution in [0.25, 0.3) is 0 Å². The van der Waals surface area contributed by atoms with Gasteiger partial charge in [0.1, 0.15) is 0 Å². The second kappa shape index (κ2) is 25.5. The van der Waals surface area contributed by atoms with Gasteiger partial charge >= 0.3 is 5.97 Å². The van der Waals surface area contributed by atoms with Gasteiger partial charge in [0.25, 0.3) is 0 Å². The van der Waals surface area contributed by atoms with E-state index >= 15 is 0 Å². The van der Waals surface area contributed by atoms with Gasteiger partial charge in [0.05, 0.1) is 7.11 Å². The minimum atomic E-state index is -0.0616. The summed E-state index contributed by atoms with van der Waals surface area (Å²) in [7, 11) is 1.47. The average molecular weight is 411 g/mol. The van der Waals surface area contributed by atoms with Gasteiger partial charge in [-0.3, -0.25) is 4.79 Å². The molecule has 0 radical (unpaired) electrons. The molecule has 2 heteroatoms. The zero-order chi connectivity index (χ0) is 21.3. The van der Waals surface area contributed by atoms with Gasteiger partial charge in [-0.15, -0.1) is 0 Å². The molecular weight excluding hydrogens is 356 g/mol. The maximum Gasteiger partial charge on any atom is 0.305 e. The van der Waals surface area contributed by atoms with Crippen LogP contribution in [0, 0.1) is 0 Å². The third-order valence-electron chi connectivity index (χ3n) is 6.21. The Hall–Kier alpha value is -0.530. The van der Waals surface area contributed by atoms with Crippen molar-refractivity contribution < 1.29 is 9.53 Å². The zero-order valence-electron chi connectivity index (χ0n) is 20.3. The SMILES string of the molecule is CCCCCCCCCCCCCCCCCCCCCCCCCC(=O)OC. The van der Waals surface area contributed by atoms with Crippen LogP contribution in [0.5, 0.6) is 0 Å². The molecule has 0 aliphatic rings. The average Bonchev–Trinajstić information content (AvgIpc) is 2.74. The van der Waals surface area contributed by atoms with Crippen molar-refractivity contribution >= 4 is 5.97 Å². The van der Waals surface area contributed by atoms with E-state index in [2.05, 4.69) is 11.7 Å². The van der Waals surface area contributed by atoms with Gasteiger partial charge in [0, 0.05) is 6.42 Å². The Kier molecular flexibility index (Phi) is 25.0. The van der Waals surface area contributed by atoms with Crippen LogP contribution in [-0.2, 0) is 9.53 Å². The number of esters is 1. The molecule has 0 aliphatic carbocycles. The summed E-state index contributed by atoms with van der Waals surface area (Å²) in [6, 6.07) is 0. The van der Waals surface area contributed by atoms with Crippen molar-refractivity contribution in [2.45, 2.75) is 161 Å². The van der Waals surface area contributed by atoms with Crippen LogP contribution in [0.1, 0.15) is 161 Å². The van der Waals surface area contributed by atoms with Crippen molar-refractivity contribution in [3.63, 3.8) is 0 Å². The molecule has 0 spiro atoms. The maximum absolute atomic E-state index is 11.0. The van der Waals surface area contributed by atoms with Gasteiger partial charge in [-0.1, -0.05) is 148 Å². The molecule has 0 amide bonds. The number of rotatable bonds is 24. The molecule has 0 rings (SSSR count). The van der Waals surface area contributed by atoms with E-state index in [-0.39, 0.29) is 5.97 Å². The van der Waals surface area contributed by atoms with Gasteiger partial charge in [-0.2, -0.15) is 0 Å². The van der Waals surface area contributed by atoms with Crippen LogP contribution >= 0.6 is 0 Å². The molecule has 0 atom stereocenters. The molecular formula is C27H54O2. The highest BCUT2D eigenvalue weighted by Crippen LogP contribution is 2.15. The van der Waals surface area contributed by atoms with E-state index in [9.17, 15) is 4.79 Å². The van der Waals surface area contributed by atoms with E-state index < -0.39 is 0 Å². The lowest BCUT2D eigenvalue weighted by molar-refractivity contribution is -0.140. The molecule has 0 N–H and O–H groups in total. The topological polar surface area (TPSA) is 26.3 Å². The Balaban J connectivity index is 3.01. The van der Waals surface area contributed by atoms with E-state index in [1.165, 1.54) is 148 Å². The lowest BCUT2D eigenvalue weighted by Gasteiger charge is -2.04. The first-order valence-electron chi connectivity index (χ1n) is 13.4. The van der Waals surface area contributed by atoms with Crippen molar-refractivity contribution in [1.29, 1.82) is 0 Å². The van der Waals surface area contributed by atoms with Crippen LogP contribution in [0.4, 0.5) is 0 Å². The third kappa shape index (κ3) is 25.4. The quantitative estimate of drug-likeness (QED) is 0.117. The van der Waals surface area contributed by atoms with Gasteiger partial charge < -0.3 is 4.74 Å². The molecule has 174 valence electrons. The summed E-state index contributed by atoms with van der Waals surface area (Å²) < 4.78 is 4.66. The van der Waals surface area contributed by atoms with E-state index in [0.29, 0.717) is 6.42 Å². The molecule has 29 heavy (non-hydrogen) atoms. The van der Waals surface area contributed by atoms with Crippen LogP contribution in [0.2, 0.25) is 0 Å². The number of methoxy groups -OCH3 is 1. The highest BCUT2D eigenvalue weighted by molar-refractivity contribution is 5.68. The van der Waals surface area contributed by atoms with Gasteiger partial charge in [-0.05, 0) is 6.42 Å². The summed E-state index contributed by atoms with van der Waals surface area (Å²) in [5, 5.41) is 0. The Morgan fingerprint density at radius 1 is 0.448 bits per heavy atom. The second-order valence-electron chi connectivity index (χ2n) is 9.10. The molecule has 0 aromatic carbocycles. The predicted octanol–water partition coefficient (Wildman–Crippen LogP) is 9.54. The molecule has 0 saturated carbocycles. The van der Waals surface area contributed by atoms with Crippen LogP contribution in [0.3, 0.4) is 0 Å². The highest BCUT2D eigenvalue weighted by atomic mass is 16.5. The lowest BCUT2D eigenvalue weighted by atomic mass is 10.0. The summed E-state index contributed by atoms with van der Waals surface area (Å²) in [6.07, 6.45) is 32.8. The third-order valence-corrected chi connectivity index (χ3v) is 6.21. The summed E-state index contributed by atoms with van der Waals surface area (Å²) in [6.45, 7) is 2.29. The molecule has 0 aromatic rings. The lowest BCUT2D eigenvalue weighted by Crippen LogP contribution is -1.99. The monoisotopic (exact) mass is 410 g/mol. The van der Waals surface area contributed by atoms with Crippen molar-refractivity contribution in [3.05, 3.63) is 0 Å². The minimum absolute atomic E-state index is 0.0616. The predicted molar refractivity (Wildman–Crippen MR) is 128 cm³/mol. The summed E-state index contributed by atoms with van der Waals surface area (Å²) in [4.78, 5) is 11.0. The number of hydrogen-bond donors (Lipinski definition) is 0. The number of carbonyl (C=O) groups excluding carboxylic acids is 1. The second-order valence-corrected chi connectivity index (χ2v) is 9.10. The van der Waals surface area contributed by atoms with Crippen molar-refractivity contribution in [1.82, 2.24) is 0 Å². The molecule has 0 aromatic heterocycles. The Morgan fingerprint density at radius 3 is 0.931 bits per heavy atom. The maximum atomic E-state index is 11.0. The molecule has 0 unspecified atom stereocenters. The minimum Gasteiger partial charge on any atom is -0.469 e. The number of carbonyl (C=O) groups is 1. The molecule has 0 heterocycles. The highest BCUT2D eigenvalue weighted by Gasteiger charge is 1.99. The Bertz CT molecular complexity index is 314. The van der Waals surface area contributed by atoms with Crippen molar-refractivity contribution in [3.8, 4) is 0 Å². The fourth-order valence-corrected chi connectivity index (χ4v) is 4.16. The number of ether oxygens (including phenoxy) is 1. The first kappa shape index (κ1) is 28.5. The molecule has 0 bridgehead atoms. The van der Waals surface area contributed by atoms with Crippen molar-refractivity contribution in [2.24, 2.45) is 0 Å². The first-order chi connectivity index (χ1) is 14.3. The smallest absolute Gasteiger partial charge is 0.305 e. The summed E-state index contributed by atoms with van der Waals surface area (Å²) in [5.74, 6) is -0.0616. The first-order valence-corrected chi connectivity index (χ1v) is 13.4. The van der Waals surface area contributed by atoms with Crippen LogP contribution in [0.15, 0.2) is 0 Å². The summed E-state index contributed by atoms with van der Waals surface area (Å²) >= 11 is 0. The fraction of sp³-hybridized carbons (Fsp3) is 0.963. The summed E-state index contributed by atoms with van der Waals surface area (Å²) in [5.41, 5.74) is 0. The van der Waals surface area contributed by atoms with Gasteiger partial charge in [0.15, 0.2) is 0 Å². The Labute approximate surface area is 184 Å². The van der Waals surface area contributed by atoms with Gasteiger partial charge in [-0.25, -0.2) is 0 Å². The van der Waals surface area contributed by atoms with E-state index in [1.807, 2.05) is 0 Å². The van der Waals surface area contributed by atoms with Crippen LogP contribution < -0.4 is 0 Å². The molecule has 2 nitrogen and oxygen atoms in total. The van der Waals surface area contributed by atoms with Gasteiger partial charge in [0.2, 0.25) is 0 Å². The van der Waals surface area contributed by atoms with E-state index in [1.54, 1.807) is 0 Å². The fourth-order valence-electron chi connectivity index (χ4n) is 4.16. The standard InChI is InChI=1S/C27H54O2/c1-3-4-5-6-7-8-9-10-11-12-13-14-15-16-17-18-19-20-21-22-23-24-25-26-27(28)29-2/h3-26H2,1-2H3. The van der Waals surface area contributed by atoms with E-state index in [0.717, 1.165) is 6.42 Å². The normalized spacial score (nSPS) is 11.1. The van der Waals surface area contributed by atoms with E-state index in [4.69, 9.17) is 0 Å². The van der Waals surface area contributed by atoms with Crippen molar-refractivity contribution in [2.75, 3.05) is 7.11 Å². The molecule has 0 saturated heterocycles. The largest absolute Gasteiger partial charge is 0.469 e.